The normalized spacial score (nSPS) is 10.7. The van der Waals surface area contributed by atoms with Crippen molar-refractivity contribution in [2.45, 2.75) is 32.6 Å². The predicted molar refractivity (Wildman–Crippen MR) is 104 cm³/mol. The van der Waals surface area contributed by atoms with Crippen molar-refractivity contribution in [3.63, 3.8) is 0 Å². The fraction of sp³-hybridized carbons (Fsp3) is 0.217. The van der Waals surface area contributed by atoms with Crippen LogP contribution in [0.1, 0.15) is 38.4 Å². The average Bonchev–Trinajstić information content (AvgIpc) is 2.66. The van der Waals surface area contributed by atoms with Crippen LogP contribution in [0, 0.1) is 6.92 Å². The Labute approximate surface area is 154 Å². The summed E-state index contributed by atoms with van der Waals surface area (Å²) in [4.78, 5) is 16.4. The summed E-state index contributed by atoms with van der Waals surface area (Å²) in [6.45, 7) is 1.86. The van der Waals surface area contributed by atoms with Crippen molar-refractivity contribution in [1.29, 1.82) is 0 Å². The van der Waals surface area contributed by atoms with Crippen LogP contribution in [0.2, 0.25) is 0 Å². The second kappa shape index (κ2) is 8.43. The van der Waals surface area contributed by atoms with Crippen LogP contribution in [-0.4, -0.2) is 16.1 Å². The van der Waals surface area contributed by atoms with E-state index in [-0.39, 0.29) is 0 Å². The molecule has 3 heteroatoms. The third-order valence-electron chi connectivity index (χ3n) is 4.56. The van der Waals surface area contributed by atoms with E-state index in [9.17, 15) is 9.90 Å². The molecule has 0 aliphatic rings. The summed E-state index contributed by atoms with van der Waals surface area (Å²) in [6, 6.07) is 22.3. The fourth-order valence-electron chi connectivity index (χ4n) is 3.24. The smallest absolute Gasteiger partial charge is 0.337 e. The summed E-state index contributed by atoms with van der Waals surface area (Å²) < 4.78 is 0. The quantitative estimate of drug-likeness (QED) is 0.677. The lowest BCUT2D eigenvalue weighted by molar-refractivity contribution is 0.0694. The third-order valence-corrected chi connectivity index (χ3v) is 4.56. The first-order chi connectivity index (χ1) is 12.6. The number of nitrogens with zero attached hydrogens (tertiary/aromatic N) is 1. The summed E-state index contributed by atoms with van der Waals surface area (Å²) in [7, 11) is 0. The van der Waals surface area contributed by atoms with E-state index < -0.39 is 5.97 Å². The topological polar surface area (TPSA) is 50.2 Å². The van der Waals surface area contributed by atoms with Gasteiger partial charge in [0, 0.05) is 5.69 Å². The van der Waals surface area contributed by atoms with E-state index in [1.54, 1.807) is 0 Å². The summed E-state index contributed by atoms with van der Waals surface area (Å²) in [5, 5.41) is 9.60. The van der Waals surface area contributed by atoms with Crippen molar-refractivity contribution in [3.05, 3.63) is 100 Å². The summed E-state index contributed by atoms with van der Waals surface area (Å²) in [5.41, 5.74) is 5.24. The predicted octanol–water partition coefficient (Wildman–Crippen LogP) is 4.66. The number of carboxylic acids is 1. The Hall–Kier alpha value is -2.94. The van der Waals surface area contributed by atoms with Gasteiger partial charge in [-0.25, -0.2) is 4.79 Å². The fourth-order valence-corrected chi connectivity index (χ4v) is 3.24. The standard InChI is InChI=1S/C23H23NO2/c1-17-16-20(14-12-18-8-4-2-5-9-18)24-21(22(17)23(25)26)15-13-19-10-6-3-7-11-19/h2-11,16H,12-15H2,1H3,(H,25,26). The first kappa shape index (κ1) is 17.9. The van der Waals surface area contributed by atoms with Crippen molar-refractivity contribution >= 4 is 5.97 Å². The Morgan fingerprint density at radius 1 is 0.846 bits per heavy atom. The molecule has 3 aromatic rings. The van der Waals surface area contributed by atoms with Gasteiger partial charge < -0.3 is 5.11 Å². The third kappa shape index (κ3) is 4.57. The van der Waals surface area contributed by atoms with E-state index in [4.69, 9.17) is 4.98 Å². The number of benzene rings is 2. The molecule has 26 heavy (non-hydrogen) atoms. The maximum Gasteiger partial charge on any atom is 0.337 e. The number of aromatic carboxylic acids is 1. The number of carboxylic acid groups (broad SMARTS) is 1. The molecule has 0 saturated carbocycles. The highest BCUT2D eigenvalue weighted by Gasteiger charge is 2.16. The maximum absolute atomic E-state index is 11.7. The van der Waals surface area contributed by atoms with Crippen LogP contribution >= 0.6 is 0 Å². The molecular formula is C23H23NO2. The molecule has 1 heterocycles. The zero-order chi connectivity index (χ0) is 18.4. The molecule has 0 unspecified atom stereocenters. The number of pyridine rings is 1. The van der Waals surface area contributed by atoms with Gasteiger partial charge in [-0.1, -0.05) is 60.7 Å². The molecule has 132 valence electrons. The van der Waals surface area contributed by atoms with Crippen LogP contribution in [0.3, 0.4) is 0 Å². The molecule has 0 aliphatic heterocycles. The molecule has 2 aromatic carbocycles. The number of carbonyl (C=O) groups is 1. The van der Waals surface area contributed by atoms with Gasteiger partial charge in [0.2, 0.25) is 0 Å². The number of rotatable bonds is 7. The molecule has 0 fully saturated rings. The molecule has 3 nitrogen and oxygen atoms in total. The molecule has 0 spiro atoms. The summed E-state index contributed by atoms with van der Waals surface area (Å²) in [6.07, 6.45) is 3.13. The molecule has 0 amide bonds. The largest absolute Gasteiger partial charge is 0.478 e. The molecule has 3 rings (SSSR count). The van der Waals surface area contributed by atoms with Gasteiger partial charge in [0.25, 0.3) is 0 Å². The average molecular weight is 345 g/mol. The van der Waals surface area contributed by atoms with Crippen LogP contribution in [0.4, 0.5) is 0 Å². The minimum atomic E-state index is -0.896. The lowest BCUT2D eigenvalue weighted by atomic mass is 9.99. The summed E-state index contributed by atoms with van der Waals surface area (Å²) >= 11 is 0. The molecular weight excluding hydrogens is 322 g/mol. The van der Waals surface area contributed by atoms with Gasteiger partial charge in [-0.05, 0) is 55.4 Å². The maximum atomic E-state index is 11.7. The Bertz CT molecular complexity index is 873. The lowest BCUT2D eigenvalue weighted by Gasteiger charge is -2.12. The summed E-state index contributed by atoms with van der Waals surface area (Å²) in [5.74, 6) is -0.896. The molecule has 0 aliphatic carbocycles. The number of hydrogen-bond donors (Lipinski definition) is 1. The SMILES string of the molecule is Cc1cc(CCc2ccccc2)nc(CCc2ccccc2)c1C(=O)O. The van der Waals surface area contributed by atoms with E-state index in [0.717, 1.165) is 30.5 Å². The van der Waals surface area contributed by atoms with E-state index in [0.29, 0.717) is 17.7 Å². The Kier molecular flexibility index (Phi) is 5.80. The number of aryl methyl sites for hydroxylation is 5. The van der Waals surface area contributed by atoms with Crippen molar-refractivity contribution in [1.82, 2.24) is 4.98 Å². The van der Waals surface area contributed by atoms with Crippen LogP contribution in [0.25, 0.3) is 0 Å². The Morgan fingerprint density at radius 2 is 1.38 bits per heavy atom. The van der Waals surface area contributed by atoms with Crippen molar-refractivity contribution in [2.24, 2.45) is 0 Å². The monoisotopic (exact) mass is 345 g/mol. The van der Waals surface area contributed by atoms with Gasteiger partial charge in [-0.2, -0.15) is 0 Å². The highest BCUT2D eigenvalue weighted by Crippen LogP contribution is 2.18. The first-order valence-electron chi connectivity index (χ1n) is 8.94. The van der Waals surface area contributed by atoms with Gasteiger partial charge in [0.1, 0.15) is 0 Å². The minimum absolute atomic E-state index is 0.351. The van der Waals surface area contributed by atoms with Crippen molar-refractivity contribution in [3.8, 4) is 0 Å². The van der Waals surface area contributed by atoms with Gasteiger partial charge >= 0.3 is 5.97 Å². The second-order valence-corrected chi connectivity index (χ2v) is 6.53. The Morgan fingerprint density at radius 3 is 1.92 bits per heavy atom. The first-order valence-corrected chi connectivity index (χ1v) is 8.94. The number of aromatic nitrogens is 1. The van der Waals surface area contributed by atoms with Crippen LogP contribution in [0.5, 0.6) is 0 Å². The van der Waals surface area contributed by atoms with Gasteiger partial charge in [-0.15, -0.1) is 0 Å². The highest BCUT2D eigenvalue weighted by molar-refractivity contribution is 5.90. The van der Waals surface area contributed by atoms with Crippen LogP contribution in [-0.2, 0) is 25.7 Å². The van der Waals surface area contributed by atoms with Crippen molar-refractivity contribution in [2.75, 3.05) is 0 Å². The lowest BCUT2D eigenvalue weighted by Crippen LogP contribution is -2.11. The zero-order valence-electron chi connectivity index (χ0n) is 15.0. The molecule has 1 aromatic heterocycles. The molecule has 1 N–H and O–H groups in total. The van der Waals surface area contributed by atoms with Gasteiger partial charge in [0.05, 0.1) is 11.3 Å². The highest BCUT2D eigenvalue weighted by atomic mass is 16.4. The van der Waals surface area contributed by atoms with Crippen LogP contribution < -0.4 is 0 Å². The molecule has 0 radical (unpaired) electrons. The van der Waals surface area contributed by atoms with Crippen molar-refractivity contribution < 1.29 is 9.90 Å². The number of hydrogen-bond acceptors (Lipinski definition) is 2. The van der Waals surface area contributed by atoms with Gasteiger partial charge in [0.15, 0.2) is 0 Å². The molecule has 0 bridgehead atoms. The molecule has 0 atom stereocenters. The zero-order valence-corrected chi connectivity index (χ0v) is 15.0. The Balaban J connectivity index is 1.80. The second-order valence-electron chi connectivity index (χ2n) is 6.53. The van der Waals surface area contributed by atoms with E-state index >= 15 is 0 Å². The van der Waals surface area contributed by atoms with E-state index in [1.807, 2.05) is 49.4 Å². The van der Waals surface area contributed by atoms with E-state index in [2.05, 4.69) is 24.3 Å². The molecule has 0 saturated heterocycles. The van der Waals surface area contributed by atoms with Crippen LogP contribution in [0.15, 0.2) is 66.7 Å². The van der Waals surface area contributed by atoms with Gasteiger partial charge in [-0.3, -0.25) is 4.98 Å². The van der Waals surface area contributed by atoms with E-state index in [1.165, 1.54) is 11.1 Å². The minimum Gasteiger partial charge on any atom is -0.478 e.